The molecule has 1 aliphatic heterocycles. The maximum absolute atomic E-state index is 12.6. The smallest absolute Gasteiger partial charge is 0.379 e. The van der Waals surface area contributed by atoms with E-state index in [9.17, 15) is 21.4 Å². The predicted octanol–water partition coefficient (Wildman–Crippen LogP) is 7.75. The molecule has 0 aliphatic carbocycles. The number of nitrogens with one attached hydrogen (secondary N) is 1. The van der Waals surface area contributed by atoms with Gasteiger partial charge in [0.25, 0.3) is 15.6 Å². The Labute approximate surface area is 325 Å². The topological polar surface area (TPSA) is 142 Å². The van der Waals surface area contributed by atoms with Crippen LogP contribution in [0.5, 0.6) is 5.75 Å². The SMILES string of the molecule is CCNOS(=O)(=O)CCCN1C(=Cc2oc3ccc(-c4ccc5ccccc5c4)cc3[n+]2CCCS(=O)(=O)[O-])Oc2ccc(-c3ccc4ccccc4c3)cc21. The molecule has 56 heavy (non-hydrogen) atoms. The summed E-state index contributed by atoms with van der Waals surface area (Å²) in [6.45, 7) is 2.51. The van der Waals surface area contributed by atoms with Crippen LogP contribution in [0.1, 0.15) is 25.7 Å². The number of nitrogens with zero attached hydrogens (tertiary/aromatic N) is 2. The van der Waals surface area contributed by atoms with Crippen LogP contribution in [0.4, 0.5) is 5.69 Å². The number of ether oxygens (including phenoxy) is 1. The van der Waals surface area contributed by atoms with E-state index in [-0.39, 0.29) is 31.7 Å². The third-order valence-electron chi connectivity index (χ3n) is 9.76. The Balaban J connectivity index is 1.19. The van der Waals surface area contributed by atoms with E-state index in [4.69, 9.17) is 13.4 Å². The number of rotatable bonds is 14. The van der Waals surface area contributed by atoms with Crippen molar-refractivity contribution >= 4 is 64.6 Å². The molecule has 7 aromatic rings. The molecule has 0 saturated heterocycles. The van der Waals surface area contributed by atoms with Gasteiger partial charge in [0, 0.05) is 31.3 Å². The minimum Gasteiger partial charge on any atom is -0.748 e. The number of aryl methyl sites for hydroxylation is 1. The van der Waals surface area contributed by atoms with E-state index in [0.717, 1.165) is 49.5 Å². The molecule has 1 aromatic heterocycles. The van der Waals surface area contributed by atoms with Gasteiger partial charge in [0.15, 0.2) is 12.3 Å². The molecule has 13 heteroatoms. The van der Waals surface area contributed by atoms with E-state index >= 15 is 0 Å². The van der Waals surface area contributed by atoms with Crippen molar-refractivity contribution in [3.8, 4) is 28.0 Å². The van der Waals surface area contributed by atoms with E-state index in [1.165, 1.54) is 0 Å². The summed E-state index contributed by atoms with van der Waals surface area (Å²) in [4.78, 5) is 1.91. The molecule has 0 saturated carbocycles. The fourth-order valence-corrected chi connectivity index (χ4v) is 8.42. The van der Waals surface area contributed by atoms with Gasteiger partial charge in [-0.1, -0.05) is 91.9 Å². The quantitative estimate of drug-likeness (QED) is 0.0660. The van der Waals surface area contributed by atoms with Gasteiger partial charge in [-0.05, 0) is 80.6 Å². The van der Waals surface area contributed by atoms with Crippen molar-refractivity contribution < 1.29 is 39.4 Å². The molecule has 11 nitrogen and oxygen atoms in total. The monoisotopic (exact) mass is 789 g/mol. The van der Waals surface area contributed by atoms with Crippen LogP contribution in [-0.4, -0.2) is 46.0 Å². The Kier molecular flexibility index (Phi) is 10.4. The van der Waals surface area contributed by atoms with Crippen molar-refractivity contribution in [3.05, 3.63) is 133 Å². The van der Waals surface area contributed by atoms with Gasteiger partial charge in [0.1, 0.15) is 6.08 Å². The normalized spacial score (nSPS) is 13.9. The highest BCUT2D eigenvalue weighted by molar-refractivity contribution is 7.86. The molecule has 286 valence electrons. The first-order chi connectivity index (χ1) is 27.0. The highest BCUT2D eigenvalue weighted by Gasteiger charge is 2.31. The number of fused-ring (bicyclic) bond motifs is 4. The second-order valence-electron chi connectivity index (χ2n) is 13.6. The Morgan fingerprint density at radius 1 is 0.732 bits per heavy atom. The van der Waals surface area contributed by atoms with E-state index < -0.39 is 26.0 Å². The summed E-state index contributed by atoms with van der Waals surface area (Å²) in [7, 11) is -8.30. The van der Waals surface area contributed by atoms with Crippen molar-refractivity contribution in [2.45, 2.75) is 26.3 Å². The van der Waals surface area contributed by atoms with Crippen molar-refractivity contribution in [1.82, 2.24) is 5.48 Å². The van der Waals surface area contributed by atoms with Crippen LogP contribution >= 0.6 is 0 Å². The second kappa shape index (κ2) is 15.5. The average Bonchev–Trinajstić information content (AvgIpc) is 3.71. The summed E-state index contributed by atoms with van der Waals surface area (Å²) in [6.07, 6.45) is 2.00. The average molecular weight is 790 g/mol. The molecule has 2 heterocycles. The van der Waals surface area contributed by atoms with Crippen LogP contribution in [0.3, 0.4) is 0 Å². The summed E-state index contributed by atoms with van der Waals surface area (Å²) in [5.74, 6) is 0.549. The van der Waals surface area contributed by atoms with E-state index in [1.807, 2.05) is 70.1 Å². The highest BCUT2D eigenvalue weighted by Crippen LogP contribution is 2.43. The number of hydrogen-bond acceptors (Lipinski definition) is 10. The maximum atomic E-state index is 12.6. The number of hydrogen-bond donors (Lipinski definition) is 1. The third-order valence-corrected chi connectivity index (χ3v) is 11.7. The third kappa shape index (κ3) is 8.18. The lowest BCUT2D eigenvalue weighted by molar-refractivity contribution is -0.677. The van der Waals surface area contributed by atoms with Gasteiger partial charge in [0.2, 0.25) is 11.5 Å². The van der Waals surface area contributed by atoms with Gasteiger partial charge < -0.3 is 18.6 Å². The van der Waals surface area contributed by atoms with Crippen molar-refractivity contribution in [3.63, 3.8) is 0 Å². The molecule has 0 amide bonds. The molecule has 8 rings (SSSR count). The molecule has 0 spiro atoms. The summed E-state index contributed by atoms with van der Waals surface area (Å²) >= 11 is 0. The van der Waals surface area contributed by atoms with E-state index in [2.05, 4.69) is 66.1 Å². The fourth-order valence-electron chi connectivity index (χ4n) is 7.07. The van der Waals surface area contributed by atoms with Gasteiger partial charge in [-0.3, -0.25) is 0 Å². The summed E-state index contributed by atoms with van der Waals surface area (Å²) < 4.78 is 79.7. The van der Waals surface area contributed by atoms with Gasteiger partial charge >= 0.3 is 5.89 Å². The summed E-state index contributed by atoms with van der Waals surface area (Å²) in [6, 6.07) is 40.5. The molecule has 0 radical (unpaired) electrons. The predicted molar refractivity (Wildman–Crippen MR) is 217 cm³/mol. The van der Waals surface area contributed by atoms with Gasteiger partial charge in [-0.25, -0.2) is 8.42 Å². The molecular formula is C43H39N3O8S2. The number of hydroxylamine groups is 1. The first-order valence-corrected chi connectivity index (χ1v) is 21.5. The highest BCUT2D eigenvalue weighted by atomic mass is 32.2. The Hall–Kier alpha value is -5.57. The molecule has 1 aliphatic rings. The van der Waals surface area contributed by atoms with Crippen molar-refractivity contribution in [1.29, 1.82) is 0 Å². The van der Waals surface area contributed by atoms with Crippen LogP contribution in [-0.2, 0) is 31.1 Å². The Morgan fingerprint density at radius 2 is 1.34 bits per heavy atom. The molecule has 0 unspecified atom stereocenters. The van der Waals surface area contributed by atoms with E-state index in [0.29, 0.717) is 35.2 Å². The molecular weight excluding hydrogens is 751 g/mol. The lowest BCUT2D eigenvalue weighted by atomic mass is 10.0. The van der Waals surface area contributed by atoms with Crippen LogP contribution in [0.2, 0.25) is 0 Å². The molecule has 0 bridgehead atoms. The van der Waals surface area contributed by atoms with Crippen molar-refractivity contribution in [2.24, 2.45) is 0 Å². The number of aromatic nitrogens is 1. The summed E-state index contributed by atoms with van der Waals surface area (Å²) in [5, 5.41) is 4.45. The Bertz CT molecular complexity index is 2850. The standard InChI is InChI=1S/C43H39N3O8S2/c1-2-44-54-56(50,51)24-8-22-46-39-28-37(35-16-14-31-10-4-6-12-33(31)26-35)18-20-41(39)53-43(46)29-42-45(21-7-23-55(47,48)49)38-27-36(17-19-40(38)52-42)34-15-13-30-9-3-5-11-32(30)25-34/h3-6,9-20,25-29,44H,2,7-8,21-24H2,1H3. The van der Waals surface area contributed by atoms with Crippen LogP contribution < -0.4 is 19.7 Å². The first-order valence-electron chi connectivity index (χ1n) is 18.4. The fraction of sp³-hybridized carbons (Fsp3) is 0.186. The zero-order chi connectivity index (χ0) is 38.9. The summed E-state index contributed by atoms with van der Waals surface area (Å²) in [5.41, 5.74) is 8.31. The minimum absolute atomic E-state index is 0.0606. The second-order valence-corrected chi connectivity index (χ2v) is 16.8. The lowest BCUT2D eigenvalue weighted by Crippen LogP contribution is -2.36. The van der Waals surface area contributed by atoms with Gasteiger partial charge in [-0.15, -0.1) is 0 Å². The zero-order valence-corrected chi connectivity index (χ0v) is 32.2. The maximum Gasteiger partial charge on any atom is 0.379 e. The lowest BCUT2D eigenvalue weighted by Gasteiger charge is -2.18. The number of benzene rings is 6. The van der Waals surface area contributed by atoms with Gasteiger partial charge in [0.05, 0.1) is 21.6 Å². The molecule has 6 aromatic carbocycles. The molecule has 1 N–H and O–H groups in total. The van der Waals surface area contributed by atoms with Crippen LogP contribution in [0, 0.1) is 0 Å². The number of oxazole rings is 1. The van der Waals surface area contributed by atoms with E-state index in [1.54, 1.807) is 13.0 Å². The van der Waals surface area contributed by atoms with Crippen molar-refractivity contribution in [2.75, 3.05) is 29.5 Å². The largest absolute Gasteiger partial charge is 0.748 e. The van der Waals surface area contributed by atoms with Gasteiger partial charge in [-0.2, -0.15) is 22.7 Å². The molecule has 0 fully saturated rings. The minimum atomic E-state index is -4.46. The number of anilines is 1. The van der Waals surface area contributed by atoms with Crippen LogP contribution in [0.25, 0.3) is 61.0 Å². The first kappa shape index (κ1) is 37.4. The zero-order valence-electron chi connectivity index (χ0n) is 30.6. The van der Waals surface area contributed by atoms with Crippen LogP contribution in [0.15, 0.2) is 132 Å². The Morgan fingerprint density at radius 3 is 2.00 bits per heavy atom. The molecule has 0 atom stereocenters.